The molecule has 5 heteroatoms. The monoisotopic (exact) mass is 262 g/mol. The van der Waals surface area contributed by atoms with Crippen molar-refractivity contribution in [1.82, 2.24) is 0 Å². The molecule has 19 heavy (non-hydrogen) atoms. The fraction of sp³-hybridized carbons (Fsp3) is 0.286. The molecule has 2 aromatic rings. The minimum atomic E-state index is -0.880. The number of rotatable bonds is 5. The molecule has 5 nitrogen and oxygen atoms in total. The fourth-order valence-corrected chi connectivity index (χ4v) is 1.64. The molecule has 0 aliphatic carbocycles. The molecule has 0 bridgehead atoms. The van der Waals surface area contributed by atoms with Crippen molar-refractivity contribution in [2.75, 3.05) is 0 Å². The zero-order valence-electron chi connectivity index (χ0n) is 10.5. The van der Waals surface area contributed by atoms with Gasteiger partial charge in [-0.2, -0.15) is 0 Å². The molecule has 0 unspecified atom stereocenters. The first kappa shape index (κ1) is 13.1. The van der Waals surface area contributed by atoms with E-state index in [1.165, 1.54) is 0 Å². The Morgan fingerprint density at radius 3 is 2.63 bits per heavy atom. The minimum Gasteiger partial charge on any atom is -0.455 e. The summed E-state index contributed by atoms with van der Waals surface area (Å²) in [5.41, 5.74) is 0.860. The van der Waals surface area contributed by atoms with E-state index >= 15 is 0 Å². The number of benzene rings is 1. The lowest BCUT2D eigenvalue weighted by Crippen LogP contribution is -2.06. The summed E-state index contributed by atoms with van der Waals surface area (Å²) in [6.45, 7) is 2.03. The smallest absolute Gasteiger partial charge is 0.455 e. The van der Waals surface area contributed by atoms with Gasteiger partial charge in [-0.1, -0.05) is 37.3 Å². The van der Waals surface area contributed by atoms with Crippen LogP contribution < -0.4 is 5.82 Å². The van der Waals surface area contributed by atoms with Crippen LogP contribution in [-0.2, 0) is 17.8 Å². The Morgan fingerprint density at radius 1 is 1.21 bits per heavy atom. The normalized spacial score (nSPS) is 10.4. The lowest BCUT2D eigenvalue weighted by Gasteiger charge is -2.03. The third kappa shape index (κ3) is 3.34. The summed E-state index contributed by atoms with van der Waals surface area (Å²) in [7, 11) is 0. The van der Waals surface area contributed by atoms with Gasteiger partial charge in [-0.15, -0.1) is 0 Å². The first-order valence-electron chi connectivity index (χ1n) is 6.04. The van der Waals surface area contributed by atoms with E-state index in [1.807, 2.05) is 37.3 Å². The quantitative estimate of drug-likeness (QED) is 0.774. The molecule has 0 saturated heterocycles. The van der Waals surface area contributed by atoms with E-state index in [0.717, 1.165) is 12.0 Å². The van der Waals surface area contributed by atoms with Gasteiger partial charge < -0.3 is 13.6 Å². The Labute approximate surface area is 109 Å². The highest BCUT2D eigenvalue weighted by Crippen LogP contribution is 2.12. The summed E-state index contributed by atoms with van der Waals surface area (Å²) in [6, 6.07) is 9.25. The van der Waals surface area contributed by atoms with Crippen LogP contribution in [0.1, 0.15) is 35.2 Å². The highest BCUT2D eigenvalue weighted by Gasteiger charge is 2.21. The van der Waals surface area contributed by atoms with Gasteiger partial charge in [0.2, 0.25) is 0 Å². The van der Waals surface area contributed by atoms with Crippen molar-refractivity contribution in [2.24, 2.45) is 0 Å². The number of aryl methyl sites for hydroxylation is 1. The van der Waals surface area contributed by atoms with E-state index in [-0.39, 0.29) is 18.1 Å². The second kappa shape index (κ2) is 6.04. The van der Waals surface area contributed by atoms with E-state index in [0.29, 0.717) is 6.42 Å². The average Bonchev–Trinajstić information content (AvgIpc) is 2.79. The van der Waals surface area contributed by atoms with E-state index < -0.39 is 11.8 Å². The molecule has 0 spiro atoms. The minimum absolute atomic E-state index is 0.125. The highest BCUT2D eigenvalue weighted by atomic mass is 16.6. The van der Waals surface area contributed by atoms with Gasteiger partial charge in [-0.3, -0.25) is 0 Å². The first-order chi connectivity index (χ1) is 9.20. The van der Waals surface area contributed by atoms with Gasteiger partial charge in [0.1, 0.15) is 6.61 Å². The number of hydrogen-bond acceptors (Lipinski definition) is 5. The lowest BCUT2D eigenvalue weighted by molar-refractivity contribution is 0.0432. The van der Waals surface area contributed by atoms with Crippen LogP contribution >= 0.6 is 0 Å². The van der Waals surface area contributed by atoms with Crippen molar-refractivity contribution in [3.63, 3.8) is 0 Å². The number of carbonyl (C=O) groups excluding carboxylic acids is 1. The predicted molar refractivity (Wildman–Crippen MR) is 66.8 cm³/mol. The maximum Gasteiger partial charge on any atom is 0.519 e. The van der Waals surface area contributed by atoms with E-state index in [9.17, 15) is 9.59 Å². The van der Waals surface area contributed by atoms with Gasteiger partial charge >= 0.3 is 11.8 Å². The molecule has 0 saturated carbocycles. The average molecular weight is 262 g/mol. The molecular formula is C14H14O5. The molecular weight excluding hydrogens is 248 g/mol. The molecule has 100 valence electrons. The van der Waals surface area contributed by atoms with Crippen LogP contribution in [0.5, 0.6) is 0 Å². The van der Waals surface area contributed by atoms with Crippen LogP contribution in [0.3, 0.4) is 0 Å². The summed E-state index contributed by atoms with van der Waals surface area (Å²) < 4.78 is 14.6. The number of esters is 1. The zero-order valence-corrected chi connectivity index (χ0v) is 10.5. The molecule has 1 aromatic carbocycles. The van der Waals surface area contributed by atoms with Gasteiger partial charge in [0.25, 0.3) is 5.76 Å². The van der Waals surface area contributed by atoms with Crippen molar-refractivity contribution in [3.8, 4) is 0 Å². The SMILES string of the molecule is CCCc1oc(=O)oc1C(=O)OCc1ccccc1. The third-order valence-corrected chi connectivity index (χ3v) is 2.52. The van der Waals surface area contributed by atoms with E-state index in [2.05, 4.69) is 0 Å². The highest BCUT2D eigenvalue weighted by molar-refractivity contribution is 5.87. The van der Waals surface area contributed by atoms with Crippen molar-refractivity contribution >= 4 is 5.97 Å². The predicted octanol–water partition coefficient (Wildman–Crippen LogP) is 2.54. The second-order valence-electron chi connectivity index (χ2n) is 4.02. The van der Waals surface area contributed by atoms with E-state index in [4.69, 9.17) is 13.6 Å². The van der Waals surface area contributed by atoms with Crippen LogP contribution in [0.2, 0.25) is 0 Å². The fourth-order valence-electron chi connectivity index (χ4n) is 1.64. The molecule has 2 rings (SSSR count). The molecule has 1 aromatic heterocycles. The van der Waals surface area contributed by atoms with Crippen LogP contribution in [0.25, 0.3) is 0 Å². The summed E-state index contributed by atoms with van der Waals surface area (Å²) in [5, 5.41) is 0. The summed E-state index contributed by atoms with van der Waals surface area (Å²) in [5.74, 6) is -1.46. The van der Waals surface area contributed by atoms with Crippen LogP contribution in [-0.4, -0.2) is 5.97 Å². The van der Waals surface area contributed by atoms with Gasteiger partial charge in [-0.25, -0.2) is 9.59 Å². The standard InChI is InChI=1S/C14H14O5/c1-2-6-11-12(19-14(16)18-11)13(15)17-9-10-7-4-3-5-8-10/h3-5,7-8H,2,6,9H2,1H3. The van der Waals surface area contributed by atoms with Crippen molar-refractivity contribution < 1.29 is 18.4 Å². The number of carbonyl (C=O) groups is 1. The van der Waals surface area contributed by atoms with Gasteiger partial charge in [0, 0.05) is 6.42 Å². The summed E-state index contributed by atoms with van der Waals surface area (Å²) in [4.78, 5) is 22.8. The van der Waals surface area contributed by atoms with Gasteiger partial charge in [0.15, 0.2) is 5.76 Å². The summed E-state index contributed by atoms with van der Waals surface area (Å²) in [6.07, 6.45) is 1.20. The second-order valence-corrected chi connectivity index (χ2v) is 4.02. The zero-order chi connectivity index (χ0) is 13.7. The molecule has 1 heterocycles. The molecule has 0 amide bonds. The molecule has 0 fully saturated rings. The maximum atomic E-state index is 11.8. The summed E-state index contributed by atoms with van der Waals surface area (Å²) >= 11 is 0. The van der Waals surface area contributed by atoms with Gasteiger partial charge in [0.05, 0.1) is 0 Å². The third-order valence-electron chi connectivity index (χ3n) is 2.52. The van der Waals surface area contributed by atoms with Crippen molar-refractivity contribution in [2.45, 2.75) is 26.4 Å². The largest absolute Gasteiger partial charge is 0.519 e. The Hall–Kier alpha value is -2.30. The van der Waals surface area contributed by atoms with Crippen LogP contribution in [0, 0.1) is 0 Å². The first-order valence-corrected chi connectivity index (χ1v) is 6.04. The Morgan fingerprint density at radius 2 is 1.95 bits per heavy atom. The molecule has 0 aliphatic rings. The molecule has 0 atom stereocenters. The Bertz CT molecular complexity index is 594. The Balaban J connectivity index is 2.06. The van der Waals surface area contributed by atoms with Crippen LogP contribution in [0.15, 0.2) is 44.0 Å². The molecule has 0 aliphatic heterocycles. The molecule has 0 N–H and O–H groups in total. The molecule has 0 radical (unpaired) electrons. The van der Waals surface area contributed by atoms with Crippen molar-refractivity contribution in [3.05, 3.63) is 58.0 Å². The topological polar surface area (TPSA) is 69.7 Å². The Kier molecular flexibility index (Phi) is 4.18. The number of hydrogen-bond donors (Lipinski definition) is 0. The van der Waals surface area contributed by atoms with Crippen LogP contribution in [0.4, 0.5) is 0 Å². The lowest BCUT2D eigenvalue weighted by atomic mass is 10.2. The van der Waals surface area contributed by atoms with Gasteiger partial charge in [-0.05, 0) is 12.0 Å². The van der Waals surface area contributed by atoms with E-state index in [1.54, 1.807) is 0 Å². The van der Waals surface area contributed by atoms with Crippen molar-refractivity contribution in [1.29, 1.82) is 0 Å². The maximum absolute atomic E-state index is 11.8. The number of ether oxygens (including phenoxy) is 1.